The summed E-state index contributed by atoms with van der Waals surface area (Å²) in [5.41, 5.74) is 19.5. The zero-order valence-corrected chi connectivity index (χ0v) is 14.8. The van der Waals surface area contributed by atoms with E-state index < -0.39 is 0 Å². The minimum Gasteiger partial charge on any atom is -0.398 e. The van der Waals surface area contributed by atoms with E-state index in [4.69, 9.17) is 16.5 Å². The van der Waals surface area contributed by atoms with Crippen molar-refractivity contribution in [2.24, 2.45) is 5.73 Å². The van der Waals surface area contributed by atoms with Crippen molar-refractivity contribution in [3.8, 4) is 11.4 Å². The number of aryl methyl sites for hydroxylation is 4. The van der Waals surface area contributed by atoms with Gasteiger partial charge in [0.05, 0.1) is 11.0 Å². The highest BCUT2D eigenvalue weighted by Crippen LogP contribution is 2.29. The number of nitrogens with two attached hydrogens (primary N) is 2. The molecule has 0 saturated heterocycles. The second-order valence-electron chi connectivity index (χ2n) is 6.58. The van der Waals surface area contributed by atoms with E-state index >= 15 is 0 Å². The monoisotopic (exact) mass is 322 g/mol. The van der Waals surface area contributed by atoms with Crippen LogP contribution in [-0.2, 0) is 6.54 Å². The molecule has 4 N–H and O–H groups in total. The van der Waals surface area contributed by atoms with Crippen LogP contribution in [0.2, 0.25) is 0 Å². The number of imidazole rings is 1. The molecular formula is C20H26N4. The van der Waals surface area contributed by atoms with E-state index in [1.54, 1.807) is 0 Å². The van der Waals surface area contributed by atoms with Gasteiger partial charge in [-0.15, -0.1) is 0 Å². The van der Waals surface area contributed by atoms with Gasteiger partial charge in [0.2, 0.25) is 0 Å². The van der Waals surface area contributed by atoms with Crippen molar-refractivity contribution in [1.82, 2.24) is 9.55 Å². The van der Waals surface area contributed by atoms with Gasteiger partial charge in [0.1, 0.15) is 5.82 Å². The third-order valence-electron chi connectivity index (χ3n) is 4.74. The van der Waals surface area contributed by atoms with E-state index in [1.807, 2.05) is 13.0 Å². The van der Waals surface area contributed by atoms with Gasteiger partial charge in [-0.25, -0.2) is 4.98 Å². The maximum Gasteiger partial charge on any atom is 0.141 e. The minimum atomic E-state index is 0.720. The lowest BCUT2D eigenvalue weighted by molar-refractivity contribution is 0.631. The Morgan fingerprint density at radius 2 is 1.71 bits per heavy atom. The average Bonchev–Trinajstić information content (AvgIpc) is 2.89. The molecule has 2 aromatic carbocycles. The molecule has 1 heterocycles. The van der Waals surface area contributed by atoms with Gasteiger partial charge in [-0.2, -0.15) is 0 Å². The lowest BCUT2D eigenvalue weighted by atomic mass is 10.1. The minimum absolute atomic E-state index is 0.720. The standard InChI is InChI=1S/C20H26N4/c1-13-6-7-16(12-17(13)22)20-23-18-10-14(2)15(3)11-19(18)24(20)9-5-4-8-21/h6-7,10-12H,4-5,8-9,21-22H2,1-3H3. The third kappa shape index (κ3) is 3.02. The van der Waals surface area contributed by atoms with E-state index in [0.29, 0.717) is 0 Å². The Bertz CT molecular complexity index is 877. The molecule has 4 heteroatoms. The number of nitrogens with zero attached hydrogens (tertiary/aromatic N) is 2. The molecule has 0 bridgehead atoms. The SMILES string of the molecule is Cc1cc2nc(-c3ccc(C)c(N)c3)n(CCCCN)c2cc1C. The summed E-state index contributed by atoms with van der Waals surface area (Å²) < 4.78 is 2.31. The van der Waals surface area contributed by atoms with E-state index in [9.17, 15) is 0 Å². The van der Waals surface area contributed by atoms with Gasteiger partial charge in [-0.3, -0.25) is 0 Å². The zero-order chi connectivity index (χ0) is 17.3. The first-order valence-corrected chi connectivity index (χ1v) is 8.55. The van der Waals surface area contributed by atoms with Gasteiger partial charge >= 0.3 is 0 Å². The molecule has 0 saturated carbocycles. The Labute approximate surface area is 143 Å². The molecular weight excluding hydrogens is 296 g/mol. The summed E-state index contributed by atoms with van der Waals surface area (Å²) in [6.07, 6.45) is 2.06. The molecule has 0 radical (unpaired) electrons. The molecule has 126 valence electrons. The first kappa shape index (κ1) is 16.5. The number of unbranched alkanes of at least 4 members (excludes halogenated alkanes) is 1. The number of anilines is 1. The normalized spacial score (nSPS) is 11.3. The Morgan fingerprint density at radius 1 is 0.958 bits per heavy atom. The quantitative estimate of drug-likeness (QED) is 0.552. The molecule has 0 atom stereocenters. The highest BCUT2D eigenvalue weighted by molar-refractivity contribution is 5.82. The molecule has 3 aromatic rings. The average molecular weight is 322 g/mol. The summed E-state index contributed by atoms with van der Waals surface area (Å²) in [5.74, 6) is 0.985. The second kappa shape index (κ2) is 6.65. The topological polar surface area (TPSA) is 69.9 Å². The number of benzene rings is 2. The van der Waals surface area contributed by atoms with Crippen LogP contribution in [0.3, 0.4) is 0 Å². The van der Waals surface area contributed by atoms with E-state index in [2.05, 4.69) is 42.7 Å². The predicted molar refractivity (Wildman–Crippen MR) is 102 cm³/mol. The second-order valence-corrected chi connectivity index (χ2v) is 6.58. The van der Waals surface area contributed by atoms with Gasteiger partial charge < -0.3 is 16.0 Å². The van der Waals surface area contributed by atoms with Gasteiger partial charge in [-0.05, 0) is 75.0 Å². The van der Waals surface area contributed by atoms with Crippen molar-refractivity contribution in [2.45, 2.75) is 40.2 Å². The molecule has 0 aliphatic rings. The largest absolute Gasteiger partial charge is 0.398 e. The van der Waals surface area contributed by atoms with Crippen molar-refractivity contribution in [1.29, 1.82) is 0 Å². The van der Waals surface area contributed by atoms with Crippen molar-refractivity contribution < 1.29 is 0 Å². The van der Waals surface area contributed by atoms with Crippen molar-refractivity contribution >= 4 is 16.7 Å². The first-order valence-electron chi connectivity index (χ1n) is 8.55. The van der Waals surface area contributed by atoms with Crippen LogP contribution in [0.15, 0.2) is 30.3 Å². The van der Waals surface area contributed by atoms with Crippen molar-refractivity contribution in [2.75, 3.05) is 12.3 Å². The lowest BCUT2D eigenvalue weighted by Gasteiger charge is -2.11. The smallest absolute Gasteiger partial charge is 0.141 e. The zero-order valence-electron chi connectivity index (χ0n) is 14.8. The first-order chi connectivity index (χ1) is 11.5. The predicted octanol–water partition coefficient (Wildman–Crippen LogP) is 3.95. The van der Waals surface area contributed by atoms with E-state index in [1.165, 1.54) is 16.6 Å². The molecule has 3 rings (SSSR count). The molecule has 4 nitrogen and oxygen atoms in total. The number of hydrogen-bond donors (Lipinski definition) is 2. The molecule has 0 spiro atoms. The van der Waals surface area contributed by atoms with Gasteiger partial charge in [0, 0.05) is 17.8 Å². The van der Waals surface area contributed by atoms with Crippen LogP contribution in [0.4, 0.5) is 5.69 Å². The van der Waals surface area contributed by atoms with E-state index in [-0.39, 0.29) is 0 Å². The van der Waals surface area contributed by atoms with Crippen LogP contribution >= 0.6 is 0 Å². The summed E-state index contributed by atoms with van der Waals surface area (Å²) in [6.45, 7) is 7.94. The Kier molecular flexibility index (Phi) is 4.58. The van der Waals surface area contributed by atoms with Crippen LogP contribution in [0, 0.1) is 20.8 Å². The summed E-state index contributed by atoms with van der Waals surface area (Å²) in [4.78, 5) is 4.91. The fourth-order valence-electron chi connectivity index (χ4n) is 3.02. The van der Waals surface area contributed by atoms with Crippen LogP contribution in [0.25, 0.3) is 22.4 Å². The summed E-state index contributed by atoms with van der Waals surface area (Å²) in [6, 6.07) is 10.6. The maximum absolute atomic E-state index is 6.12. The van der Waals surface area contributed by atoms with Gasteiger partial charge in [0.15, 0.2) is 0 Å². The summed E-state index contributed by atoms with van der Waals surface area (Å²) in [7, 11) is 0. The molecule has 0 aliphatic heterocycles. The van der Waals surface area contributed by atoms with Crippen LogP contribution in [0.5, 0.6) is 0 Å². The highest BCUT2D eigenvalue weighted by Gasteiger charge is 2.14. The van der Waals surface area contributed by atoms with Crippen LogP contribution in [0.1, 0.15) is 29.5 Å². The molecule has 24 heavy (non-hydrogen) atoms. The fourth-order valence-corrected chi connectivity index (χ4v) is 3.02. The maximum atomic E-state index is 6.12. The van der Waals surface area contributed by atoms with Gasteiger partial charge in [-0.1, -0.05) is 12.1 Å². The van der Waals surface area contributed by atoms with Crippen molar-refractivity contribution in [3.63, 3.8) is 0 Å². The van der Waals surface area contributed by atoms with Gasteiger partial charge in [0.25, 0.3) is 0 Å². The highest BCUT2D eigenvalue weighted by atomic mass is 15.1. The number of hydrogen-bond acceptors (Lipinski definition) is 3. The number of rotatable bonds is 5. The molecule has 0 aliphatic carbocycles. The molecule has 0 unspecified atom stereocenters. The Morgan fingerprint density at radius 3 is 2.42 bits per heavy atom. The van der Waals surface area contributed by atoms with Crippen molar-refractivity contribution in [3.05, 3.63) is 47.0 Å². The van der Waals surface area contributed by atoms with Crippen LogP contribution < -0.4 is 11.5 Å². The number of fused-ring (bicyclic) bond motifs is 1. The Balaban J connectivity index is 2.17. The van der Waals surface area contributed by atoms with Crippen LogP contribution in [-0.4, -0.2) is 16.1 Å². The lowest BCUT2D eigenvalue weighted by Crippen LogP contribution is -2.05. The van der Waals surface area contributed by atoms with E-state index in [0.717, 1.165) is 54.1 Å². The molecule has 0 fully saturated rings. The third-order valence-corrected chi connectivity index (χ3v) is 4.74. The molecule has 1 aromatic heterocycles. The summed E-state index contributed by atoms with van der Waals surface area (Å²) in [5, 5.41) is 0. The summed E-state index contributed by atoms with van der Waals surface area (Å²) >= 11 is 0. The number of aromatic nitrogens is 2. The Hall–Kier alpha value is -2.33. The molecule has 0 amide bonds. The fraction of sp³-hybridized carbons (Fsp3) is 0.350. The number of nitrogen functional groups attached to an aromatic ring is 1.